The second kappa shape index (κ2) is 5.28. The summed E-state index contributed by atoms with van der Waals surface area (Å²) in [5.74, 6) is -0.0830. The molecule has 0 spiro atoms. The Morgan fingerprint density at radius 3 is 3.00 bits per heavy atom. The summed E-state index contributed by atoms with van der Waals surface area (Å²) in [6.07, 6.45) is 0. The number of primary amides is 1. The number of nitrogens with zero attached hydrogens (tertiary/aromatic N) is 2. The highest BCUT2D eigenvalue weighted by Crippen LogP contribution is 2.23. The van der Waals surface area contributed by atoms with E-state index in [4.69, 9.17) is 15.6 Å². The average molecular weight is 248 g/mol. The molecule has 7 heteroatoms. The van der Waals surface area contributed by atoms with E-state index in [9.17, 15) is 4.79 Å². The van der Waals surface area contributed by atoms with Gasteiger partial charge in [-0.15, -0.1) is 0 Å². The van der Waals surface area contributed by atoms with Gasteiger partial charge in [-0.2, -0.15) is 15.4 Å². The Bertz CT molecular complexity index is 553. The molecular weight excluding hydrogens is 236 g/mol. The number of hydrogen-bond acceptors (Lipinski definition) is 5. The molecule has 0 aliphatic rings. The van der Waals surface area contributed by atoms with Crippen LogP contribution < -0.4 is 10.5 Å². The van der Waals surface area contributed by atoms with Gasteiger partial charge in [0.15, 0.2) is 5.69 Å². The summed E-state index contributed by atoms with van der Waals surface area (Å²) in [5, 5.41) is 18.6. The topological polar surface area (TPSA) is 114 Å². The van der Waals surface area contributed by atoms with Gasteiger partial charge in [-0.05, 0) is 12.1 Å². The van der Waals surface area contributed by atoms with E-state index in [1.807, 2.05) is 0 Å². The van der Waals surface area contributed by atoms with Crippen LogP contribution in [-0.4, -0.2) is 39.6 Å². The first-order valence-electron chi connectivity index (χ1n) is 5.27. The van der Waals surface area contributed by atoms with Crippen molar-refractivity contribution in [3.63, 3.8) is 0 Å². The van der Waals surface area contributed by atoms with Crippen LogP contribution in [0, 0.1) is 0 Å². The summed E-state index contributed by atoms with van der Waals surface area (Å²) >= 11 is 0. The first-order chi connectivity index (χ1) is 8.72. The molecule has 2 rings (SSSR count). The summed E-state index contributed by atoms with van der Waals surface area (Å²) in [6, 6.07) is 6.95. The minimum atomic E-state index is -0.652. The summed E-state index contributed by atoms with van der Waals surface area (Å²) in [4.78, 5) is 11.1. The molecule has 0 unspecified atom stereocenters. The summed E-state index contributed by atoms with van der Waals surface area (Å²) in [6.45, 7) is 0.131. The number of H-pyrrole nitrogens is 1. The Hall–Kier alpha value is -2.41. The Morgan fingerprint density at radius 2 is 2.28 bits per heavy atom. The van der Waals surface area contributed by atoms with Gasteiger partial charge < -0.3 is 15.6 Å². The van der Waals surface area contributed by atoms with Crippen LogP contribution in [0.15, 0.2) is 24.3 Å². The van der Waals surface area contributed by atoms with E-state index >= 15 is 0 Å². The summed E-state index contributed by atoms with van der Waals surface area (Å²) in [7, 11) is 0. The second-order valence-electron chi connectivity index (χ2n) is 3.48. The van der Waals surface area contributed by atoms with Crippen LogP contribution in [0.5, 0.6) is 5.75 Å². The van der Waals surface area contributed by atoms with Crippen LogP contribution in [0.2, 0.25) is 0 Å². The Kier molecular flexibility index (Phi) is 3.54. The van der Waals surface area contributed by atoms with E-state index in [2.05, 4.69) is 15.4 Å². The molecule has 0 saturated heterocycles. The molecular formula is C11H12N4O3. The van der Waals surface area contributed by atoms with E-state index < -0.39 is 5.91 Å². The fourth-order valence-electron chi connectivity index (χ4n) is 1.50. The number of aromatic amines is 1. The van der Waals surface area contributed by atoms with Crippen molar-refractivity contribution in [2.75, 3.05) is 13.2 Å². The zero-order valence-corrected chi connectivity index (χ0v) is 9.46. The lowest BCUT2D eigenvalue weighted by Crippen LogP contribution is -2.12. The smallest absolute Gasteiger partial charge is 0.271 e. The van der Waals surface area contributed by atoms with Crippen molar-refractivity contribution in [1.82, 2.24) is 15.4 Å². The minimum Gasteiger partial charge on any atom is -0.491 e. The van der Waals surface area contributed by atoms with Crippen LogP contribution in [0.3, 0.4) is 0 Å². The van der Waals surface area contributed by atoms with Gasteiger partial charge in [0.05, 0.1) is 6.61 Å². The summed E-state index contributed by atoms with van der Waals surface area (Å²) in [5.41, 5.74) is 6.30. The Morgan fingerprint density at radius 1 is 1.44 bits per heavy atom. The highest BCUT2D eigenvalue weighted by molar-refractivity contribution is 5.96. The van der Waals surface area contributed by atoms with Crippen LogP contribution in [0.4, 0.5) is 0 Å². The molecule has 0 saturated carbocycles. The number of nitrogens with one attached hydrogen (secondary N) is 1. The number of carbonyl (C=O) groups excluding carboxylic acids is 1. The third-order valence-electron chi connectivity index (χ3n) is 2.25. The van der Waals surface area contributed by atoms with E-state index in [1.165, 1.54) is 0 Å². The first kappa shape index (κ1) is 12.1. The molecule has 0 fully saturated rings. The van der Waals surface area contributed by atoms with Crippen molar-refractivity contribution in [3.05, 3.63) is 30.0 Å². The second-order valence-corrected chi connectivity index (χ2v) is 3.48. The number of aliphatic hydroxyl groups excluding tert-OH is 1. The maximum absolute atomic E-state index is 11.1. The number of aliphatic hydroxyl groups is 1. The molecule has 7 nitrogen and oxygen atoms in total. The zero-order chi connectivity index (χ0) is 13.0. The molecule has 0 radical (unpaired) electrons. The first-order valence-corrected chi connectivity index (χ1v) is 5.27. The highest BCUT2D eigenvalue weighted by atomic mass is 16.5. The van der Waals surface area contributed by atoms with Gasteiger partial charge in [0.1, 0.15) is 18.1 Å². The maximum atomic E-state index is 11.1. The van der Waals surface area contributed by atoms with E-state index in [0.29, 0.717) is 17.0 Å². The van der Waals surface area contributed by atoms with Gasteiger partial charge in [0.2, 0.25) is 0 Å². The fraction of sp³-hybridized carbons (Fsp3) is 0.182. The van der Waals surface area contributed by atoms with Gasteiger partial charge in [0, 0.05) is 5.56 Å². The average Bonchev–Trinajstić information content (AvgIpc) is 2.86. The zero-order valence-electron chi connectivity index (χ0n) is 9.46. The molecule has 1 aromatic heterocycles. The van der Waals surface area contributed by atoms with Gasteiger partial charge in [0.25, 0.3) is 5.91 Å². The molecule has 0 aliphatic carbocycles. The number of aromatic nitrogens is 3. The fourth-order valence-corrected chi connectivity index (χ4v) is 1.50. The lowest BCUT2D eigenvalue weighted by molar-refractivity contribution is 0.0996. The highest BCUT2D eigenvalue weighted by Gasteiger charge is 2.15. The van der Waals surface area contributed by atoms with Crippen molar-refractivity contribution in [2.45, 2.75) is 0 Å². The molecule has 0 atom stereocenters. The number of rotatable bonds is 5. The van der Waals surface area contributed by atoms with Crippen molar-refractivity contribution < 1.29 is 14.6 Å². The number of benzene rings is 1. The predicted octanol–water partition coefficient (Wildman–Crippen LogP) is -0.0583. The third kappa shape index (κ3) is 2.46. The molecule has 1 amide bonds. The lowest BCUT2D eigenvalue weighted by atomic mass is 10.1. The molecule has 1 heterocycles. The van der Waals surface area contributed by atoms with Crippen LogP contribution in [0.1, 0.15) is 10.5 Å². The Labute approximate surface area is 103 Å². The molecule has 1 aromatic carbocycles. The molecule has 94 valence electrons. The Balaban J connectivity index is 2.32. The van der Waals surface area contributed by atoms with Gasteiger partial charge in [-0.1, -0.05) is 12.1 Å². The number of hydrogen-bond donors (Lipinski definition) is 3. The molecule has 2 aromatic rings. The summed E-state index contributed by atoms with van der Waals surface area (Å²) < 4.78 is 5.27. The van der Waals surface area contributed by atoms with Crippen molar-refractivity contribution >= 4 is 5.91 Å². The quantitative estimate of drug-likeness (QED) is 0.686. The monoisotopic (exact) mass is 248 g/mol. The predicted molar refractivity (Wildman–Crippen MR) is 62.9 cm³/mol. The van der Waals surface area contributed by atoms with Gasteiger partial charge in [-0.25, -0.2) is 0 Å². The molecule has 18 heavy (non-hydrogen) atoms. The number of amides is 1. The van der Waals surface area contributed by atoms with Crippen molar-refractivity contribution in [3.8, 4) is 17.0 Å². The van der Waals surface area contributed by atoms with Crippen molar-refractivity contribution in [2.24, 2.45) is 5.73 Å². The van der Waals surface area contributed by atoms with E-state index in [-0.39, 0.29) is 18.9 Å². The van der Waals surface area contributed by atoms with Gasteiger partial charge in [-0.3, -0.25) is 4.79 Å². The lowest BCUT2D eigenvalue weighted by Gasteiger charge is -2.05. The SMILES string of the molecule is NC(=O)c1n[nH]nc1-c1cccc(OCCO)c1. The normalized spacial score (nSPS) is 10.3. The molecule has 4 N–H and O–H groups in total. The largest absolute Gasteiger partial charge is 0.491 e. The van der Waals surface area contributed by atoms with Crippen molar-refractivity contribution in [1.29, 1.82) is 0 Å². The molecule has 0 aliphatic heterocycles. The van der Waals surface area contributed by atoms with E-state index in [0.717, 1.165) is 0 Å². The minimum absolute atomic E-state index is 0.0687. The number of ether oxygens (including phenoxy) is 1. The van der Waals surface area contributed by atoms with E-state index in [1.54, 1.807) is 24.3 Å². The standard InChI is InChI=1S/C11H12N4O3/c12-11(17)10-9(13-15-14-10)7-2-1-3-8(6-7)18-5-4-16/h1-3,6,16H,4-5H2,(H2,12,17)(H,13,14,15). The van der Waals surface area contributed by atoms with Gasteiger partial charge >= 0.3 is 0 Å². The number of nitrogens with two attached hydrogens (primary N) is 1. The third-order valence-corrected chi connectivity index (χ3v) is 2.25. The van der Waals surface area contributed by atoms with Crippen LogP contribution >= 0.6 is 0 Å². The number of carbonyl (C=O) groups is 1. The molecule has 0 bridgehead atoms. The van der Waals surface area contributed by atoms with Crippen LogP contribution in [0.25, 0.3) is 11.3 Å². The maximum Gasteiger partial charge on any atom is 0.271 e. The van der Waals surface area contributed by atoms with Crippen LogP contribution in [-0.2, 0) is 0 Å².